The Morgan fingerprint density at radius 1 is 1.03 bits per heavy atom. The van der Waals surface area contributed by atoms with E-state index in [0.717, 1.165) is 41.4 Å². The van der Waals surface area contributed by atoms with Gasteiger partial charge in [-0.3, -0.25) is 9.67 Å². The Bertz CT molecular complexity index is 1490. The molecule has 0 radical (unpaired) electrons. The maximum absolute atomic E-state index is 15.7. The fraction of sp³-hybridized carbons (Fsp3) is 0.150. The van der Waals surface area contributed by atoms with Crippen LogP contribution in [0.2, 0.25) is 5.02 Å². The normalized spacial score (nSPS) is 14.8. The molecule has 3 aromatic heterocycles. The highest BCUT2D eigenvalue weighted by atomic mass is 35.5. The fourth-order valence-corrected chi connectivity index (χ4v) is 4.93. The van der Waals surface area contributed by atoms with Gasteiger partial charge in [0.15, 0.2) is 5.82 Å². The molecule has 0 bridgehead atoms. The van der Waals surface area contributed by atoms with Crippen LogP contribution in [0, 0.1) is 17.5 Å². The summed E-state index contributed by atoms with van der Waals surface area (Å²) >= 11 is 7.49. The number of halogens is 4. The minimum absolute atomic E-state index is 0.00593. The fourth-order valence-electron chi connectivity index (χ4n) is 3.94. The molecular weight excluding hydrogens is 435 g/mol. The number of hydrogen-bond acceptors (Lipinski definition) is 5. The van der Waals surface area contributed by atoms with Gasteiger partial charge in [0.05, 0.1) is 38.5 Å². The highest BCUT2D eigenvalue weighted by molar-refractivity contribution is 7.16. The van der Waals surface area contributed by atoms with Crippen LogP contribution in [0.15, 0.2) is 30.0 Å². The van der Waals surface area contributed by atoms with Crippen molar-refractivity contribution in [2.75, 3.05) is 13.1 Å². The number of rotatable bonds is 2. The third-order valence-electron chi connectivity index (χ3n) is 5.47. The number of nitrogens with zero attached hydrogens (tertiary/aromatic N) is 4. The number of benzene rings is 2. The lowest BCUT2D eigenvalue weighted by atomic mass is 9.99. The van der Waals surface area contributed by atoms with Crippen molar-refractivity contribution in [3.8, 4) is 11.1 Å². The molecule has 0 amide bonds. The molecule has 1 N–H and O–H groups in total. The molecular formula is C20H11ClF3N5S. The molecule has 4 heterocycles. The Hall–Kier alpha value is -2.75. The van der Waals surface area contributed by atoms with Crippen LogP contribution in [-0.4, -0.2) is 32.8 Å². The van der Waals surface area contributed by atoms with Gasteiger partial charge in [-0.05, 0) is 6.07 Å². The Labute approximate surface area is 176 Å². The SMILES string of the molecule is Fc1cc(F)c2scnc2c1-c1c(Cl)cc2c(ncc3cnn(C4CNC4)c32)c1F. The van der Waals surface area contributed by atoms with Gasteiger partial charge in [-0.15, -0.1) is 11.3 Å². The van der Waals surface area contributed by atoms with E-state index in [-0.39, 0.29) is 37.9 Å². The summed E-state index contributed by atoms with van der Waals surface area (Å²) < 4.78 is 46.6. The third kappa shape index (κ3) is 2.36. The second-order valence-corrected chi connectivity index (χ2v) is 8.41. The first kappa shape index (κ1) is 18.1. The van der Waals surface area contributed by atoms with E-state index >= 15 is 4.39 Å². The number of thiazole rings is 1. The van der Waals surface area contributed by atoms with Crippen molar-refractivity contribution in [2.45, 2.75) is 6.04 Å². The first-order valence-corrected chi connectivity index (χ1v) is 10.4. The highest BCUT2D eigenvalue weighted by Crippen LogP contribution is 2.42. The number of pyridine rings is 1. The summed E-state index contributed by atoms with van der Waals surface area (Å²) in [6.45, 7) is 1.52. The van der Waals surface area contributed by atoms with Crippen molar-refractivity contribution < 1.29 is 13.2 Å². The van der Waals surface area contributed by atoms with Crippen LogP contribution in [0.3, 0.4) is 0 Å². The molecule has 0 unspecified atom stereocenters. The van der Waals surface area contributed by atoms with E-state index < -0.39 is 17.5 Å². The zero-order valence-corrected chi connectivity index (χ0v) is 16.7. The molecule has 150 valence electrons. The van der Waals surface area contributed by atoms with Crippen molar-refractivity contribution in [2.24, 2.45) is 0 Å². The molecule has 0 spiro atoms. The van der Waals surface area contributed by atoms with Gasteiger partial charge < -0.3 is 5.32 Å². The van der Waals surface area contributed by atoms with Gasteiger partial charge in [-0.25, -0.2) is 18.2 Å². The quantitative estimate of drug-likeness (QED) is 0.412. The molecule has 5 nitrogen and oxygen atoms in total. The molecule has 10 heteroatoms. The van der Waals surface area contributed by atoms with Crippen molar-refractivity contribution >= 4 is 55.0 Å². The van der Waals surface area contributed by atoms with Gasteiger partial charge >= 0.3 is 0 Å². The average molecular weight is 446 g/mol. The van der Waals surface area contributed by atoms with Crippen molar-refractivity contribution in [3.05, 3.63) is 52.5 Å². The van der Waals surface area contributed by atoms with Gasteiger partial charge in [-0.2, -0.15) is 5.10 Å². The topological polar surface area (TPSA) is 55.6 Å². The summed E-state index contributed by atoms with van der Waals surface area (Å²) in [5.41, 5.74) is 1.83. The van der Waals surface area contributed by atoms with E-state index in [1.807, 2.05) is 4.68 Å². The summed E-state index contributed by atoms with van der Waals surface area (Å²) in [5, 5.41) is 8.85. The lowest BCUT2D eigenvalue weighted by molar-refractivity contribution is 0.327. The third-order valence-corrected chi connectivity index (χ3v) is 6.61. The molecule has 30 heavy (non-hydrogen) atoms. The highest BCUT2D eigenvalue weighted by Gasteiger charge is 2.27. The number of aromatic nitrogens is 4. The van der Waals surface area contributed by atoms with E-state index in [4.69, 9.17) is 11.6 Å². The monoisotopic (exact) mass is 445 g/mol. The van der Waals surface area contributed by atoms with Gasteiger partial charge in [0.25, 0.3) is 0 Å². The van der Waals surface area contributed by atoms with Crippen LogP contribution in [-0.2, 0) is 0 Å². The first-order chi connectivity index (χ1) is 14.5. The number of hydrogen-bond donors (Lipinski definition) is 1. The van der Waals surface area contributed by atoms with E-state index in [1.54, 1.807) is 12.3 Å². The van der Waals surface area contributed by atoms with Gasteiger partial charge in [0.1, 0.15) is 17.2 Å². The molecule has 0 aliphatic carbocycles. The van der Waals surface area contributed by atoms with E-state index in [9.17, 15) is 8.78 Å². The lowest BCUT2D eigenvalue weighted by Gasteiger charge is -2.28. The van der Waals surface area contributed by atoms with Crippen LogP contribution in [0.1, 0.15) is 6.04 Å². The van der Waals surface area contributed by atoms with E-state index in [2.05, 4.69) is 20.4 Å². The molecule has 1 aliphatic rings. The summed E-state index contributed by atoms with van der Waals surface area (Å²) in [7, 11) is 0. The minimum atomic E-state index is -0.933. The minimum Gasteiger partial charge on any atom is -0.312 e. The average Bonchev–Trinajstić information content (AvgIpc) is 3.31. The zero-order valence-electron chi connectivity index (χ0n) is 15.1. The van der Waals surface area contributed by atoms with Gasteiger partial charge in [-0.1, -0.05) is 11.6 Å². The van der Waals surface area contributed by atoms with E-state index in [0.29, 0.717) is 5.39 Å². The summed E-state index contributed by atoms with van der Waals surface area (Å²) in [6.07, 6.45) is 3.21. The maximum Gasteiger partial charge on any atom is 0.158 e. The molecule has 5 aromatic rings. The summed E-state index contributed by atoms with van der Waals surface area (Å²) in [6, 6.07) is 2.44. The standard InChI is InChI=1S/C20H11ClF3N5S/c21-11-1-10-17(26-3-8-4-28-29(19(8)10)9-5-25-6-9)16(24)14(11)15-12(22)2-13(23)20-18(15)27-7-30-20/h1-4,7,9,25H,5-6H2. The second kappa shape index (κ2) is 6.37. The summed E-state index contributed by atoms with van der Waals surface area (Å²) in [5.74, 6) is -2.46. The maximum atomic E-state index is 15.7. The Kier molecular flexibility index (Phi) is 3.83. The van der Waals surface area contributed by atoms with Crippen molar-refractivity contribution in [1.82, 2.24) is 25.1 Å². The molecule has 0 atom stereocenters. The van der Waals surface area contributed by atoms with Crippen LogP contribution in [0.4, 0.5) is 13.2 Å². The molecule has 1 aliphatic heterocycles. The molecule has 1 saturated heterocycles. The predicted molar refractivity (Wildman–Crippen MR) is 110 cm³/mol. The van der Waals surface area contributed by atoms with Crippen LogP contribution >= 0.6 is 22.9 Å². The molecule has 2 aromatic carbocycles. The Morgan fingerprint density at radius 3 is 2.63 bits per heavy atom. The van der Waals surface area contributed by atoms with E-state index in [1.165, 1.54) is 11.7 Å². The summed E-state index contributed by atoms with van der Waals surface area (Å²) in [4.78, 5) is 8.30. The van der Waals surface area contributed by atoms with Crippen LogP contribution in [0.5, 0.6) is 0 Å². The second-order valence-electron chi connectivity index (χ2n) is 7.15. The molecule has 0 saturated carbocycles. The molecule has 1 fully saturated rings. The molecule has 6 rings (SSSR count). The lowest BCUT2D eigenvalue weighted by Crippen LogP contribution is -2.43. The first-order valence-electron chi connectivity index (χ1n) is 9.11. The van der Waals surface area contributed by atoms with Crippen molar-refractivity contribution in [1.29, 1.82) is 0 Å². The predicted octanol–water partition coefficient (Wildman–Crippen LogP) is 5.08. The van der Waals surface area contributed by atoms with Gasteiger partial charge in [0, 0.05) is 47.3 Å². The zero-order chi connectivity index (χ0) is 20.6. The largest absolute Gasteiger partial charge is 0.312 e. The van der Waals surface area contributed by atoms with Crippen molar-refractivity contribution in [3.63, 3.8) is 0 Å². The van der Waals surface area contributed by atoms with Crippen LogP contribution in [0.25, 0.3) is 43.1 Å². The Morgan fingerprint density at radius 2 is 1.87 bits per heavy atom. The smallest absolute Gasteiger partial charge is 0.158 e. The van der Waals surface area contributed by atoms with Gasteiger partial charge in [0.2, 0.25) is 0 Å². The number of fused-ring (bicyclic) bond motifs is 4. The van der Waals surface area contributed by atoms with Crippen LogP contribution < -0.4 is 5.32 Å². The Balaban J connectivity index is 1.70. The number of nitrogens with one attached hydrogen (secondary N) is 1.